The zero-order chi connectivity index (χ0) is 9.41. The highest BCUT2D eigenvalue weighted by Crippen LogP contribution is 2.44. The van der Waals surface area contributed by atoms with Crippen molar-refractivity contribution in [1.29, 1.82) is 0 Å². The summed E-state index contributed by atoms with van der Waals surface area (Å²) in [7, 11) is 0. The predicted molar refractivity (Wildman–Crippen MR) is 54.0 cm³/mol. The molecule has 1 aliphatic carbocycles. The van der Waals surface area contributed by atoms with Gasteiger partial charge in [-0.15, -0.1) is 0 Å². The molecule has 1 nitrogen and oxygen atoms in total. The highest BCUT2D eigenvalue weighted by Gasteiger charge is 2.38. The number of rotatable bonds is 1. The van der Waals surface area contributed by atoms with Crippen molar-refractivity contribution in [3.8, 4) is 0 Å². The molecule has 1 saturated carbocycles. The fourth-order valence-corrected chi connectivity index (χ4v) is 3.10. The van der Waals surface area contributed by atoms with Gasteiger partial charge in [-0.05, 0) is 37.5 Å². The Morgan fingerprint density at radius 3 is 2.33 bits per heavy atom. The Labute approximate surface area is 76.7 Å². The molecule has 0 bridgehead atoms. The summed E-state index contributed by atoms with van der Waals surface area (Å²) in [5, 5.41) is 0. The van der Waals surface area contributed by atoms with Crippen molar-refractivity contribution in [2.75, 3.05) is 0 Å². The molecule has 1 heteroatoms. The first-order chi connectivity index (χ1) is 5.37. The normalized spacial score (nSPS) is 49.2. The molecule has 0 heterocycles. The lowest BCUT2D eigenvalue weighted by Crippen LogP contribution is -2.47. The molecule has 12 heavy (non-hydrogen) atoms. The summed E-state index contributed by atoms with van der Waals surface area (Å²) in [6.45, 7) is 9.20. The van der Waals surface area contributed by atoms with Crippen LogP contribution in [-0.2, 0) is 0 Å². The molecule has 0 aromatic rings. The molecule has 1 rings (SSSR count). The second-order valence-electron chi connectivity index (χ2n) is 5.51. The molecule has 1 aliphatic rings. The van der Waals surface area contributed by atoms with E-state index in [1.807, 2.05) is 0 Å². The summed E-state index contributed by atoms with van der Waals surface area (Å²) in [4.78, 5) is 0. The molecular weight excluding hydrogens is 146 g/mol. The second-order valence-corrected chi connectivity index (χ2v) is 5.51. The molecule has 0 radical (unpaired) electrons. The third-order valence-electron chi connectivity index (χ3n) is 3.34. The molecule has 0 amide bonds. The van der Waals surface area contributed by atoms with Gasteiger partial charge in [0, 0.05) is 5.54 Å². The van der Waals surface area contributed by atoms with Crippen LogP contribution in [0.25, 0.3) is 0 Å². The van der Waals surface area contributed by atoms with Crippen molar-refractivity contribution in [3.63, 3.8) is 0 Å². The van der Waals surface area contributed by atoms with Gasteiger partial charge in [0.15, 0.2) is 0 Å². The first-order valence-electron chi connectivity index (χ1n) is 5.16. The SMILES string of the molecule is CCC1(C)CC(C)CC(C)(N)C1. The smallest absolute Gasteiger partial charge is 0.0133 e. The van der Waals surface area contributed by atoms with E-state index >= 15 is 0 Å². The Morgan fingerprint density at radius 2 is 1.92 bits per heavy atom. The van der Waals surface area contributed by atoms with Crippen molar-refractivity contribution in [3.05, 3.63) is 0 Å². The van der Waals surface area contributed by atoms with E-state index < -0.39 is 0 Å². The van der Waals surface area contributed by atoms with E-state index in [0.29, 0.717) is 5.41 Å². The van der Waals surface area contributed by atoms with Crippen molar-refractivity contribution >= 4 is 0 Å². The van der Waals surface area contributed by atoms with Gasteiger partial charge in [0.05, 0.1) is 0 Å². The minimum absolute atomic E-state index is 0.0857. The maximum Gasteiger partial charge on any atom is 0.0133 e. The Kier molecular flexibility index (Phi) is 2.53. The van der Waals surface area contributed by atoms with Gasteiger partial charge in [0.2, 0.25) is 0 Å². The van der Waals surface area contributed by atoms with Gasteiger partial charge >= 0.3 is 0 Å². The van der Waals surface area contributed by atoms with Crippen LogP contribution in [0, 0.1) is 11.3 Å². The molecule has 3 unspecified atom stereocenters. The molecular formula is C11H23N. The van der Waals surface area contributed by atoms with Crippen LogP contribution in [0.2, 0.25) is 0 Å². The monoisotopic (exact) mass is 169 g/mol. The van der Waals surface area contributed by atoms with E-state index in [9.17, 15) is 0 Å². The van der Waals surface area contributed by atoms with E-state index in [-0.39, 0.29) is 5.54 Å². The zero-order valence-corrected chi connectivity index (χ0v) is 8.98. The van der Waals surface area contributed by atoms with Crippen LogP contribution in [0.1, 0.15) is 53.4 Å². The van der Waals surface area contributed by atoms with Gasteiger partial charge < -0.3 is 5.73 Å². The fraction of sp³-hybridized carbons (Fsp3) is 1.00. The molecule has 3 atom stereocenters. The maximum atomic E-state index is 6.22. The van der Waals surface area contributed by atoms with E-state index in [1.165, 1.54) is 25.7 Å². The third kappa shape index (κ3) is 2.22. The number of hydrogen-bond acceptors (Lipinski definition) is 1. The standard InChI is InChI=1S/C11H23N/c1-5-10(3)6-9(2)7-11(4,12)8-10/h9H,5-8,12H2,1-4H3. The first kappa shape index (κ1) is 10.0. The summed E-state index contributed by atoms with van der Waals surface area (Å²) < 4.78 is 0. The highest BCUT2D eigenvalue weighted by atomic mass is 14.7. The van der Waals surface area contributed by atoms with Crippen LogP contribution in [0.3, 0.4) is 0 Å². The predicted octanol–water partition coefficient (Wildman–Crippen LogP) is 2.94. The molecule has 0 aliphatic heterocycles. The molecule has 0 aromatic heterocycles. The van der Waals surface area contributed by atoms with Crippen LogP contribution in [0.15, 0.2) is 0 Å². The van der Waals surface area contributed by atoms with Crippen molar-refractivity contribution < 1.29 is 0 Å². The average molecular weight is 169 g/mol. The minimum Gasteiger partial charge on any atom is -0.325 e. The lowest BCUT2D eigenvalue weighted by Gasteiger charge is -2.45. The summed E-state index contributed by atoms with van der Waals surface area (Å²) in [5.74, 6) is 0.804. The lowest BCUT2D eigenvalue weighted by molar-refractivity contribution is 0.0983. The maximum absolute atomic E-state index is 6.22. The van der Waals surface area contributed by atoms with Crippen molar-refractivity contribution in [2.45, 2.75) is 58.9 Å². The van der Waals surface area contributed by atoms with Gasteiger partial charge in [0.1, 0.15) is 0 Å². The lowest BCUT2D eigenvalue weighted by atomic mass is 9.63. The van der Waals surface area contributed by atoms with Crippen LogP contribution in [0.4, 0.5) is 0 Å². The molecule has 2 N–H and O–H groups in total. The van der Waals surface area contributed by atoms with Gasteiger partial charge in [-0.1, -0.05) is 27.2 Å². The highest BCUT2D eigenvalue weighted by molar-refractivity contribution is 4.94. The third-order valence-corrected chi connectivity index (χ3v) is 3.34. The van der Waals surface area contributed by atoms with Gasteiger partial charge in [0.25, 0.3) is 0 Å². The van der Waals surface area contributed by atoms with Crippen molar-refractivity contribution in [1.82, 2.24) is 0 Å². The second kappa shape index (κ2) is 3.02. The largest absolute Gasteiger partial charge is 0.325 e. The summed E-state index contributed by atoms with van der Waals surface area (Å²) in [6, 6.07) is 0. The zero-order valence-electron chi connectivity index (χ0n) is 8.98. The number of hydrogen-bond donors (Lipinski definition) is 1. The summed E-state index contributed by atoms with van der Waals surface area (Å²) >= 11 is 0. The van der Waals surface area contributed by atoms with E-state index in [0.717, 1.165) is 5.92 Å². The molecule has 0 spiro atoms. The van der Waals surface area contributed by atoms with Gasteiger partial charge in [-0.2, -0.15) is 0 Å². The molecule has 1 fully saturated rings. The first-order valence-corrected chi connectivity index (χ1v) is 5.16. The molecule has 0 saturated heterocycles. The van der Waals surface area contributed by atoms with Crippen molar-refractivity contribution in [2.24, 2.45) is 17.1 Å². The van der Waals surface area contributed by atoms with E-state index in [4.69, 9.17) is 5.73 Å². The van der Waals surface area contributed by atoms with E-state index in [1.54, 1.807) is 0 Å². The Bertz CT molecular complexity index is 162. The van der Waals surface area contributed by atoms with Crippen LogP contribution < -0.4 is 5.73 Å². The Hall–Kier alpha value is -0.0400. The quantitative estimate of drug-likeness (QED) is 0.641. The van der Waals surface area contributed by atoms with Crippen LogP contribution >= 0.6 is 0 Å². The van der Waals surface area contributed by atoms with Gasteiger partial charge in [-0.3, -0.25) is 0 Å². The van der Waals surface area contributed by atoms with E-state index in [2.05, 4.69) is 27.7 Å². The Balaban J connectivity index is 2.70. The number of nitrogens with two attached hydrogens (primary N) is 1. The minimum atomic E-state index is 0.0857. The Morgan fingerprint density at radius 1 is 1.33 bits per heavy atom. The fourth-order valence-electron chi connectivity index (χ4n) is 3.10. The molecule has 72 valence electrons. The topological polar surface area (TPSA) is 26.0 Å². The summed E-state index contributed by atoms with van der Waals surface area (Å²) in [5.41, 5.74) is 6.81. The van der Waals surface area contributed by atoms with Gasteiger partial charge in [-0.25, -0.2) is 0 Å². The molecule has 0 aromatic carbocycles. The summed E-state index contributed by atoms with van der Waals surface area (Å²) in [6.07, 6.45) is 5.02. The average Bonchev–Trinajstić information content (AvgIpc) is 1.82. The van der Waals surface area contributed by atoms with Crippen LogP contribution in [-0.4, -0.2) is 5.54 Å². The van der Waals surface area contributed by atoms with Crippen LogP contribution in [0.5, 0.6) is 0 Å².